The number of nitrogens with one attached hydrogen (secondary N) is 1. The Bertz CT molecular complexity index is 470. The fraction of sp³-hybridized carbons (Fsp3) is 0.462. The zero-order valence-electron chi connectivity index (χ0n) is 11.2. The molecule has 1 amide bonds. The van der Waals surface area contributed by atoms with E-state index in [1.54, 1.807) is 13.2 Å². The third kappa shape index (κ3) is 3.08. The number of hydrogen-bond acceptors (Lipinski definition) is 5. The van der Waals surface area contributed by atoms with E-state index in [-0.39, 0.29) is 5.91 Å². The first-order valence-electron chi connectivity index (χ1n) is 6.19. The van der Waals surface area contributed by atoms with Gasteiger partial charge in [0.1, 0.15) is 5.75 Å². The molecule has 3 N–H and O–H groups in total. The number of nitrogens with two attached hydrogens (primary N) is 1. The van der Waals surface area contributed by atoms with Gasteiger partial charge in [0.05, 0.1) is 37.4 Å². The minimum atomic E-state index is -0.126. The van der Waals surface area contributed by atoms with Gasteiger partial charge in [0.15, 0.2) is 0 Å². The zero-order valence-corrected chi connectivity index (χ0v) is 11.2. The molecule has 0 unspecified atom stereocenters. The van der Waals surface area contributed by atoms with Crippen molar-refractivity contribution in [2.45, 2.75) is 6.92 Å². The summed E-state index contributed by atoms with van der Waals surface area (Å²) in [6.07, 6.45) is 0. The highest BCUT2D eigenvalue weighted by Gasteiger charge is 2.18. The van der Waals surface area contributed by atoms with Crippen LogP contribution in [0.15, 0.2) is 12.1 Å². The SMILES string of the molecule is COc1cc(N2CCOCC2)c(NC(C)=O)cc1N. The zero-order chi connectivity index (χ0) is 13.8. The van der Waals surface area contributed by atoms with E-state index in [0.29, 0.717) is 30.3 Å². The number of amides is 1. The Hall–Kier alpha value is -1.95. The molecular weight excluding hydrogens is 246 g/mol. The molecule has 104 valence electrons. The van der Waals surface area contributed by atoms with E-state index in [1.807, 2.05) is 6.07 Å². The molecule has 2 rings (SSSR count). The van der Waals surface area contributed by atoms with Crippen LogP contribution >= 0.6 is 0 Å². The maximum absolute atomic E-state index is 11.3. The normalized spacial score (nSPS) is 15.2. The highest BCUT2D eigenvalue weighted by Crippen LogP contribution is 2.35. The number of benzene rings is 1. The lowest BCUT2D eigenvalue weighted by Gasteiger charge is -2.31. The summed E-state index contributed by atoms with van der Waals surface area (Å²) in [4.78, 5) is 13.4. The van der Waals surface area contributed by atoms with Gasteiger partial charge in [0, 0.05) is 26.1 Å². The smallest absolute Gasteiger partial charge is 0.221 e. The largest absolute Gasteiger partial charge is 0.495 e. The predicted octanol–water partition coefficient (Wildman–Crippen LogP) is 1.07. The first-order valence-corrected chi connectivity index (χ1v) is 6.19. The van der Waals surface area contributed by atoms with Crippen LogP contribution in [-0.2, 0) is 9.53 Å². The molecule has 1 fully saturated rings. The summed E-state index contributed by atoms with van der Waals surface area (Å²) >= 11 is 0. The molecule has 1 aliphatic rings. The molecule has 1 heterocycles. The van der Waals surface area contributed by atoms with E-state index in [4.69, 9.17) is 15.2 Å². The van der Waals surface area contributed by atoms with Crippen LogP contribution in [0.25, 0.3) is 0 Å². The first kappa shape index (κ1) is 13.5. The summed E-state index contributed by atoms with van der Waals surface area (Å²) in [5.74, 6) is 0.481. The van der Waals surface area contributed by atoms with E-state index < -0.39 is 0 Å². The van der Waals surface area contributed by atoms with Crippen LogP contribution < -0.4 is 20.7 Å². The number of hydrogen-bond donors (Lipinski definition) is 2. The van der Waals surface area contributed by atoms with Crippen LogP contribution in [0, 0.1) is 0 Å². The average molecular weight is 265 g/mol. The van der Waals surface area contributed by atoms with Gasteiger partial charge in [-0.3, -0.25) is 4.79 Å². The number of morpholine rings is 1. The molecule has 0 aromatic heterocycles. The van der Waals surface area contributed by atoms with Gasteiger partial charge in [-0.15, -0.1) is 0 Å². The second-order valence-electron chi connectivity index (χ2n) is 4.39. The number of carbonyl (C=O) groups is 1. The summed E-state index contributed by atoms with van der Waals surface area (Å²) in [5.41, 5.74) is 8.00. The molecule has 0 spiro atoms. The molecule has 6 nitrogen and oxygen atoms in total. The first-order chi connectivity index (χ1) is 9.11. The number of ether oxygens (including phenoxy) is 2. The van der Waals surface area contributed by atoms with Gasteiger partial charge in [-0.25, -0.2) is 0 Å². The monoisotopic (exact) mass is 265 g/mol. The summed E-state index contributed by atoms with van der Waals surface area (Å²) in [7, 11) is 1.58. The van der Waals surface area contributed by atoms with E-state index >= 15 is 0 Å². The van der Waals surface area contributed by atoms with E-state index in [9.17, 15) is 4.79 Å². The van der Waals surface area contributed by atoms with Gasteiger partial charge < -0.3 is 25.4 Å². The third-order valence-corrected chi connectivity index (χ3v) is 3.01. The summed E-state index contributed by atoms with van der Waals surface area (Å²) in [6.45, 7) is 4.38. The molecule has 1 saturated heterocycles. The Labute approximate surface area is 112 Å². The minimum Gasteiger partial charge on any atom is -0.495 e. The minimum absolute atomic E-state index is 0.126. The summed E-state index contributed by atoms with van der Waals surface area (Å²) in [5, 5.41) is 2.81. The van der Waals surface area contributed by atoms with Crippen molar-refractivity contribution in [1.29, 1.82) is 0 Å². The van der Waals surface area contributed by atoms with Crippen LogP contribution in [0.5, 0.6) is 5.75 Å². The maximum atomic E-state index is 11.3. The molecule has 0 saturated carbocycles. The number of anilines is 3. The molecule has 19 heavy (non-hydrogen) atoms. The third-order valence-electron chi connectivity index (χ3n) is 3.01. The van der Waals surface area contributed by atoms with E-state index in [2.05, 4.69) is 10.2 Å². The number of carbonyl (C=O) groups excluding carboxylic acids is 1. The van der Waals surface area contributed by atoms with Crippen molar-refractivity contribution in [3.05, 3.63) is 12.1 Å². The van der Waals surface area contributed by atoms with Gasteiger partial charge in [0.2, 0.25) is 5.91 Å². The van der Waals surface area contributed by atoms with Crippen molar-refractivity contribution in [2.24, 2.45) is 0 Å². The van der Waals surface area contributed by atoms with Gasteiger partial charge in [-0.2, -0.15) is 0 Å². The fourth-order valence-electron chi connectivity index (χ4n) is 2.12. The lowest BCUT2D eigenvalue weighted by atomic mass is 10.2. The van der Waals surface area contributed by atoms with Crippen LogP contribution in [0.1, 0.15) is 6.92 Å². The van der Waals surface area contributed by atoms with Crippen LogP contribution in [0.4, 0.5) is 17.1 Å². The maximum Gasteiger partial charge on any atom is 0.221 e. The standard InChI is InChI=1S/C13H19N3O3/c1-9(17)15-11-7-10(14)13(18-2)8-12(11)16-3-5-19-6-4-16/h7-8H,3-6,14H2,1-2H3,(H,15,17). The van der Waals surface area contributed by atoms with Crippen molar-refractivity contribution < 1.29 is 14.3 Å². The van der Waals surface area contributed by atoms with Crippen LogP contribution in [0.2, 0.25) is 0 Å². The molecule has 1 aromatic rings. The number of nitrogens with zero attached hydrogens (tertiary/aromatic N) is 1. The van der Waals surface area contributed by atoms with Gasteiger partial charge in [-0.1, -0.05) is 0 Å². The lowest BCUT2D eigenvalue weighted by Crippen LogP contribution is -2.36. The number of rotatable bonds is 3. The second kappa shape index (κ2) is 5.79. The van der Waals surface area contributed by atoms with Gasteiger partial charge >= 0.3 is 0 Å². The number of methoxy groups -OCH3 is 1. The Morgan fingerprint density at radius 1 is 1.42 bits per heavy atom. The molecular formula is C13H19N3O3. The topological polar surface area (TPSA) is 76.8 Å². The molecule has 0 atom stereocenters. The van der Waals surface area contributed by atoms with Crippen LogP contribution in [-0.4, -0.2) is 39.3 Å². The Kier molecular flexibility index (Phi) is 4.11. The van der Waals surface area contributed by atoms with Crippen molar-refractivity contribution in [2.75, 3.05) is 49.4 Å². The molecule has 6 heteroatoms. The average Bonchev–Trinajstić information content (AvgIpc) is 2.39. The van der Waals surface area contributed by atoms with Crippen LogP contribution in [0.3, 0.4) is 0 Å². The molecule has 0 radical (unpaired) electrons. The second-order valence-corrected chi connectivity index (χ2v) is 4.39. The van der Waals surface area contributed by atoms with Gasteiger partial charge in [0.25, 0.3) is 0 Å². The van der Waals surface area contributed by atoms with Crippen molar-refractivity contribution >= 4 is 23.0 Å². The summed E-state index contributed by atoms with van der Waals surface area (Å²) < 4.78 is 10.6. The van der Waals surface area contributed by atoms with Crippen molar-refractivity contribution in [3.8, 4) is 5.75 Å². The molecule has 1 aromatic carbocycles. The Morgan fingerprint density at radius 2 is 2.11 bits per heavy atom. The Balaban J connectivity index is 2.38. The predicted molar refractivity (Wildman–Crippen MR) is 74.7 cm³/mol. The highest BCUT2D eigenvalue weighted by molar-refractivity contribution is 5.94. The number of nitrogen functional groups attached to an aromatic ring is 1. The van der Waals surface area contributed by atoms with E-state index in [1.165, 1.54) is 6.92 Å². The van der Waals surface area contributed by atoms with Crippen molar-refractivity contribution in [1.82, 2.24) is 0 Å². The molecule has 0 aliphatic carbocycles. The molecule has 1 aliphatic heterocycles. The molecule has 0 bridgehead atoms. The van der Waals surface area contributed by atoms with Gasteiger partial charge in [-0.05, 0) is 6.07 Å². The summed E-state index contributed by atoms with van der Waals surface area (Å²) in [6, 6.07) is 3.58. The quantitative estimate of drug-likeness (QED) is 0.799. The highest BCUT2D eigenvalue weighted by atomic mass is 16.5. The van der Waals surface area contributed by atoms with Crippen molar-refractivity contribution in [3.63, 3.8) is 0 Å². The Morgan fingerprint density at radius 3 is 2.68 bits per heavy atom. The fourth-order valence-corrected chi connectivity index (χ4v) is 2.12. The lowest BCUT2D eigenvalue weighted by molar-refractivity contribution is -0.114. The van der Waals surface area contributed by atoms with E-state index in [0.717, 1.165) is 18.8 Å².